The molecule has 3 aromatic rings. The van der Waals surface area contributed by atoms with Crippen LogP contribution in [0.5, 0.6) is 0 Å². The summed E-state index contributed by atoms with van der Waals surface area (Å²) >= 11 is 0. The number of carbonyl (C=O) groups excluding carboxylic acids is 2. The third kappa shape index (κ3) is 2.10. The Bertz CT molecular complexity index is 1110. The van der Waals surface area contributed by atoms with Crippen molar-refractivity contribution in [2.75, 3.05) is 6.54 Å². The zero-order chi connectivity index (χ0) is 17.7. The number of imide groups is 1. The lowest BCUT2D eigenvalue weighted by Crippen LogP contribution is -2.32. The summed E-state index contributed by atoms with van der Waals surface area (Å²) in [5, 5.41) is 2.31. The van der Waals surface area contributed by atoms with Gasteiger partial charge in [-0.05, 0) is 22.8 Å². The molecule has 26 heavy (non-hydrogen) atoms. The highest BCUT2D eigenvalue weighted by atomic mass is 16.2. The van der Waals surface area contributed by atoms with Crippen LogP contribution in [0.2, 0.25) is 0 Å². The van der Waals surface area contributed by atoms with E-state index in [1.807, 2.05) is 24.3 Å². The predicted octanol–water partition coefficient (Wildman–Crippen LogP) is 3.01. The van der Waals surface area contributed by atoms with Crippen LogP contribution in [0.15, 0.2) is 53.7 Å². The van der Waals surface area contributed by atoms with E-state index in [1.165, 1.54) is 11.1 Å². The summed E-state index contributed by atoms with van der Waals surface area (Å²) in [6, 6.07) is 14.3. The Morgan fingerprint density at radius 2 is 1.85 bits per heavy atom. The summed E-state index contributed by atoms with van der Waals surface area (Å²) < 4.78 is 0. The Morgan fingerprint density at radius 1 is 1.00 bits per heavy atom. The molecule has 0 fully saturated rings. The maximum Gasteiger partial charge on any atom is 0.263 e. The van der Waals surface area contributed by atoms with Gasteiger partial charge in [-0.25, -0.2) is 0 Å². The Hall–Kier alpha value is -3.34. The van der Waals surface area contributed by atoms with Gasteiger partial charge in [0.1, 0.15) is 0 Å². The maximum absolute atomic E-state index is 12.9. The lowest BCUT2D eigenvalue weighted by Gasteiger charge is -2.14. The van der Waals surface area contributed by atoms with Gasteiger partial charge in [0.15, 0.2) is 0 Å². The molecular weight excluding hydrogens is 326 g/mol. The van der Waals surface area contributed by atoms with E-state index in [-0.39, 0.29) is 11.8 Å². The molecule has 126 valence electrons. The standard InChI is InChI=1S/C21H15N3O2/c25-20-17-11-23-18-12-22-10-16(18)19(17)21(26)24(20)9-8-14-6-3-5-13-4-1-2-7-15(13)14/h1-7,10-11H,8-9,12H2. The molecule has 0 spiro atoms. The number of aliphatic imine (C=N–C) groups is 1. The van der Waals surface area contributed by atoms with E-state index in [9.17, 15) is 9.59 Å². The molecule has 0 aliphatic carbocycles. The first-order chi connectivity index (χ1) is 12.7. The van der Waals surface area contributed by atoms with Crippen LogP contribution < -0.4 is 0 Å². The molecule has 0 radical (unpaired) electrons. The maximum atomic E-state index is 12.9. The number of fused-ring (bicyclic) bond motifs is 4. The molecule has 2 aliphatic heterocycles. The van der Waals surface area contributed by atoms with Gasteiger partial charge in [0, 0.05) is 24.5 Å². The van der Waals surface area contributed by atoms with Crippen molar-refractivity contribution in [3.8, 4) is 0 Å². The van der Waals surface area contributed by atoms with Gasteiger partial charge in [-0.1, -0.05) is 42.5 Å². The second-order valence-electron chi connectivity index (χ2n) is 6.53. The lowest BCUT2D eigenvalue weighted by molar-refractivity contribution is 0.0656. The first-order valence-corrected chi connectivity index (χ1v) is 8.58. The minimum atomic E-state index is -0.263. The number of carbonyl (C=O) groups is 2. The summed E-state index contributed by atoms with van der Waals surface area (Å²) in [5.41, 5.74) is 3.44. The van der Waals surface area contributed by atoms with Crippen LogP contribution in [0.25, 0.3) is 10.8 Å². The zero-order valence-corrected chi connectivity index (χ0v) is 14.0. The fourth-order valence-corrected chi connectivity index (χ4v) is 3.77. The van der Waals surface area contributed by atoms with Gasteiger partial charge in [-0.15, -0.1) is 0 Å². The molecule has 3 heterocycles. The van der Waals surface area contributed by atoms with Crippen molar-refractivity contribution >= 4 is 28.8 Å². The molecule has 0 unspecified atom stereocenters. The highest BCUT2D eigenvalue weighted by molar-refractivity contribution is 6.24. The average molecular weight is 341 g/mol. The Morgan fingerprint density at radius 3 is 2.77 bits per heavy atom. The third-order valence-electron chi connectivity index (χ3n) is 5.08. The molecule has 2 amide bonds. The Balaban J connectivity index is 1.46. The number of amides is 2. The van der Waals surface area contributed by atoms with Crippen molar-refractivity contribution in [3.05, 3.63) is 76.6 Å². The fourth-order valence-electron chi connectivity index (χ4n) is 3.77. The SMILES string of the molecule is O=C1c2cnc3c(c2C(=O)N1CCc1cccc2ccccc12)C=NC3. The van der Waals surface area contributed by atoms with E-state index in [4.69, 9.17) is 0 Å². The number of rotatable bonds is 3. The number of hydrogen-bond acceptors (Lipinski definition) is 4. The van der Waals surface area contributed by atoms with Gasteiger partial charge in [0.25, 0.3) is 11.8 Å². The van der Waals surface area contributed by atoms with Crippen LogP contribution in [-0.2, 0) is 13.0 Å². The molecule has 0 saturated carbocycles. The Kier molecular flexibility index (Phi) is 3.22. The topological polar surface area (TPSA) is 62.6 Å². The van der Waals surface area contributed by atoms with Gasteiger partial charge in [0.2, 0.25) is 0 Å². The molecule has 5 rings (SSSR count). The lowest BCUT2D eigenvalue weighted by atomic mass is 10.0. The number of benzene rings is 2. The number of hydrogen-bond donors (Lipinski definition) is 0. The number of pyridine rings is 1. The molecule has 0 bridgehead atoms. The monoisotopic (exact) mass is 341 g/mol. The summed E-state index contributed by atoms with van der Waals surface area (Å²) in [4.78, 5) is 35.4. The van der Waals surface area contributed by atoms with E-state index < -0.39 is 0 Å². The second kappa shape index (κ2) is 5.59. The molecule has 0 atom stereocenters. The van der Waals surface area contributed by atoms with Crippen molar-refractivity contribution in [3.63, 3.8) is 0 Å². The van der Waals surface area contributed by atoms with Crippen LogP contribution in [0.4, 0.5) is 0 Å². The van der Waals surface area contributed by atoms with E-state index >= 15 is 0 Å². The van der Waals surface area contributed by atoms with Crippen LogP contribution in [0, 0.1) is 0 Å². The van der Waals surface area contributed by atoms with Gasteiger partial charge in [0.05, 0.1) is 23.4 Å². The summed E-state index contributed by atoms with van der Waals surface area (Å²) in [6.45, 7) is 0.826. The largest absolute Gasteiger partial charge is 0.286 e. The molecule has 5 heteroatoms. The predicted molar refractivity (Wildman–Crippen MR) is 98.6 cm³/mol. The van der Waals surface area contributed by atoms with Crippen LogP contribution in [-0.4, -0.2) is 34.5 Å². The van der Waals surface area contributed by atoms with Gasteiger partial charge in [-0.2, -0.15) is 0 Å². The van der Waals surface area contributed by atoms with Crippen LogP contribution in [0.1, 0.15) is 37.5 Å². The van der Waals surface area contributed by atoms with Gasteiger partial charge >= 0.3 is 0 Å². The quantitative estimate of drug-likeness (QED) is 0.688. The molecule has 1 aromatic heterocycles. The molecule has 0 N–H and O–H groups in total. The summed E-state index contributed by atoms with van der Waals surface area (Å²) in [7, 11) is 0. The minimum absolute atomic E-state index is 0.239. The Labute approximate surface area is 150 Å². The molecule has 5 nitrogen and oxygen atoms in total. The summed E-state index contributed by atoms with van der Waals surface area (Å²) in [5.74, 6) is -0.502. The first-order valence-electron chi connectivity index (χ1n) is 8.58. The third-order valence-corrected chi connectivity index (χ3v) is 5.08. The first kappa shape index (κ1) is 15.0. The highest BCUT2D eigenvalue weighted by Crippen LogP contribution is 2.29. The average Bonchev–Trinajstić information content (AvgIpc) is 3.24. The smallest absolute Gasteiger partial charge is 0.263 e. The molecule has 2 aliphatic rings. The molecule has 2 aromatic carbocycles. The number of nitrogens with zero attached hydrogens (tertiary/aromatic N) is 3. The van der Waals surface area contributed by atoms with Gasteiger partial charge in [-0.3, -0.25) is 24.5 Å². The molecular formula is C21H15N3O2. The normalized spacial score (nSPS) is 15.0. The van der Waals surface area contributed by atoms with Crippen LogP contribution in [0.3, 0.4) is 0 Å². The minimum Gasteiger partial charge on any atom is -0.286 e. The highest BCUT2D eigenvalue weighted by Gasteiger charge is 2.38. The van der Waals surface area contributed by atoms with E-state index in [1.54, 1.807) is 6.21 Å². The van der Waals surface area contributed by atoms with Crippen molar-refractivity contribution < 1.29 is 9.59 Å². The second-order valence-corrected chi connectivity index (χ2v) is 6.53. The van der Waals surface area contributed by atoms with Crippen molar-refractivity contribution in [1.29, 1.82) is 0 Å². The van der Waals surface area contributed by atoms with Crippen molar-refractivity contribution in [2.24, 2.45) is 4.99 Å². The van der Waals surface area contributed by atoms with E-state index in [2.05, 4.69) is 28.2 Å². The van der Waals surface area contributed by atoms with E-state index in [0.29, 0.717) is 36.2 Å². The van der Waals surface area contributed by atoms with Crippen molar-refractivity contribution in [2.45, 2.75) is 13.0 Å². The molecule has 0 saturated heterocycles. The van der Waals surface area contributed by atoms with Crippen LogP contribution >= 0.6 is 0 Å². The number of aromatic nitrogens is 1. The summed E-state index contributed by atoms with van der Waals surface area (Å²) in [6.07, 6.45) is 3.79. The van der Waals surface area contributed by atoms with Crippen molar-refractivity contribution in [1.82, 2.24) is 9.88 Å². The van der Waals surface area contributed by atoms with E-state index in [0.717, 1.165) is 22.0 Å². The fraction of sp³-hybridized carbons (Fsp3) is 0.143. The van der Waals surface area contributed by atoms with Gasteiger partial charge < -0.3 is 0 Å². The zero-order valence-electron chi connectivity index (χ0n) is 14.0.